The molecule has 4 aromatic rings. The van der Waals surface area contributed by atoms with Crippen LogP contribution in [0.3, 0.4) is 0 Å². The monoisotopic (exact) mass is 533 g/mol. The number of benzene rings is 3. The maximum atomic E-state index is 13.7. The normalized spacial score (nSPS) is 14.8. The Morgan fingerprint density at radius 1 is 0.943 bits per heavy atom. The van der Waals surface area contributed by atoms with E-state index in [1.165, 1.54) is 26.0 Å². The molecule has 7 nitrogen and oxygen atoms in total. The number of nitrogens with zero attached hydrogens (tertiary/aromatic N) is 1. The first-order chi connectivity index (χ1) is 16.8. The molecule has 0 spiro atoms. The highest BCUT2D eigenvalue weighted by molar-refractivity contribution is 9.10. The lowest BCUT2D eigenvalue weighted by Crippen LogP contribution is -2.29. The zero-order chi connectivity index (χ0) is 24.9. The van der Waals surface area contributed by atoms with E-state index in [9.17, 15) is 14.4 Å². The van der Waals surface area contributed by atoms with Crippen molar-refractivity contribution in [3.8, 4) is 11.5 Å². The van der Waals surface area contributed by atoms with Gasteiger partial charge >= 0.3 is 0 Å². The van der Waals surface area contributed by atoms with Crippen molar-refractivity contribution in [2.45, 2.75) is 13.0 Å². The highest BCUT2D eigenvalue weighted by Crippen LogP contribution is 2.43. The average molecular weight is 534 g/mol. The van der Waals surface area contributed by atoms with Crippen LogP contribution in [0.2, 0.25) is 0 Å². The van der Waals surface area contributed by atoms with Gasteiger partial charge in [-0.25, -0.2) is 0 Å². The number of carbonyl (C=O) groups is 2. The van der Waals surface area contributed by atoms with Crippen molar-refractivity contribution >= 4 is 44.3 Å². The minimum atomic E-state index is -0.778. The summed E-state index contributed by atoms with van der Waals surface area (Å²) in [6.07, 6.45) is 0. The third kappa shape index (κ3) is 3.70. The Morgan fingerprint density at radius 3 is 2.31 bits per heavy atom. The molecule has 1 aliphatic heterocycles. The Bertz CT molecular complexity index is 1560. The van der Waals surface area contributed by atoms with Crippen molar-refractivity contribution in [1.29, 1.82) is 0 Å². The zero-order valence-electron chi connectivity index (χ0n) is 19.1. The van der Waals surface area contributed by atoms with Crippen LogP contribution in [0, 0.1) is 0 Å². The van der Waals surface area contributed by atoms with Crippen molar-refractivity contribution in [1.82, 2.24) is 0 Å². The summed E-state index contributed by atoms with van der Waals surface area (Å²) in [6, 6.07) is 16.3. The van der Waals surface area contributed by atoms with Gasteiger partial charge in [0.05, 0.1) is 31.2 Å². The zero-order valence-corrected chi connectivity index (χ0v) is 20.7. The first-order valence-electron chi connectivity index (χ1n) is 10.8. The second kappa shape index (κ2) is 8.70. The molecule has 1 unspecified atom stereocenters. The number of methoxy groups -OCH3 is 2. The number of hydrogen-bond acceptors (Lipinski definition) is 6. The molecule has 0 radical (unpaired) electrons. The molecule has 8 heteroatoms. The topological polar surface area (TPSA) is 86.0 Å². The number of carbonyl (C=O) groups excluding carboxylic acids is 2. The van der Waals surface area contributed by atoms with Crippen molar-refractivity contribution < 1.29 is 23.5 Å². The summed E-state index contributed by atoms with van der Waals surface area (Å²) in [6.45, 7) is 1.48. The Labute approximate surface area is 209 Å². The quantitative estimate of drug-likeness (QED) is 0.314. The number of rotatable bonds is 5. The van der Waals surface area contributed by atoms with Crippen molar-refractivity contribution in [3.63, 3.8) is 0 Å². The number of fused-ring (bicyclic) bond motifs is 2. The molecule has 35 heavy (non-hydrogen) atoms. The van der Waals surface area contributed by atoms with Gasteiger partial charge in [-0.1, -0.05) is 22.0 Å². The summed E-state index contributed by atoms with van der Waals surface area (Å²) in [5, 5.41) is 0.366. The van der Waals surface area contributed by atoms with Gasteiger partial charge in [-0.05, 0) is 67.1 Å². The molecular weight excluding hydrogens is 514 g/mol. The first kappa shape index (κ1) is 22.9. The van der Waals surface area contributed by atoms with E-state index in [1.54, 1.807) is 60.7 Å². The Morgan fingerprint density at radius 2 is 1.66 bits per heavy atom. The maximum absolute atomic E-state index is 13.7. The fourth-order valence-electron chi connectivity index (χ4n) is 4.41. The highest BCUT2D eigenvalue weighted by atomic mass is 79.9. The Hall–Kier alpha value is -3.91. The lowest BCUT2D eigenvalue weighted by Gasteiger charge is -2.26. The van der Waals surface area contributed by atoms with Crippen LogP contribution in [-0.2, 0) is 0 Å². The molecule has 1 aromatic heterocycles. The smallest absolute Gasteiger partial charge is 0.295 e. The van der Waals surface area contributed by atoms with E-state index >= 15 is 0 Å². The van der Waals surface area contributed by atoms with Crippen molar-refractivity contribution in [2.24, 2.45) is 0 Å². The molecule has 1 amide bonds. The van der Waals surface area contributed by atoms with Gasteiger partial charge < -0.3 is 13.9 Å². The first-order valence-corrected chi connectivity index (χ1v) is 11.6. The number of ether oxygens (including phenoxy) is 2. The fraction of sp³-hybridized carbons (Fsp3) is 0.148. The van der Waals surface area contributed by atoms with E-state index in [2.05, 4.69) is 15.9 Å². The van der Waals surface area contributed by atoms with Crippen LogP contribution < -0.4 is 19.8 Å². The summed E-state index contributed by atoms with van der Waals surface area (Å²) in [4.78, 5) is 40.7. The van der Waals surface area contributed by atoms with E-state index in [4.69, 9.17) is 13.9 Å². The van der Waals surface area contributed by atoms with E-state index < -0.39 is 11.9 Å². The third-order valence-electron chi connectivity index (χ3n) is 6.11. The minimum absolute atomic E-state index is 0.0137. The molecule has 0 saturated heterocycles. The second-order valence-corrected chi connectivity index (χ2v) is 9.03. The predicted octanol–water partition coefficient (Wildman–Crippen LogP) is 5.53. The van der Waals surface area contributed by atoms with Crippen LogP contribution in [-0.4, -0.2) is 25.9 Å². The van der Waals surface area contributed by atoms with Crippen LogP contribution in [0.1, 0.15) is 45.0 Å². The van der Waals surface area contributed by atoms with E-state index in [1.807, 2.05) is 0 Å². The number of Topliss-reactive ketones (excluding diaryl/α,β-unsaturated/α-hetero) is 1. The van der Waals surface area contributed by atoms with Gasteiger partial charge in [-0.15, -0.1) is 0 Å². The van der Waals surface area contributed by atoms with Gasteiger partial charge in [0.2, 0.25) is 5.76 Å². The SMILES string of the molecule is COc1ccc(C2c3c(oc4ccc(Br)cc4c3=O)C(=O)N2c2ccc(C(C)=O)cc2)cc1OC. The number of ketones is 1. The molecule has 0 N–H and O–H groups in total. The Kier molecular flexibility index (Phi) is 5.68. The molecule has 2 heterocycles. The van der Waals surface area contributed by atoms with Crippen molar-refractivity contribution in [3.05, 3.63) is 97.8 Å². The van der Waals surface area contributed by atoms with Gasteiger partial charge in [-0.2, -0.15) is 0 Å². The molecular formula is C27H20BrNO6. The van der Waals surface area contributed by atoms with Gasteiger partial charge in [-0.3, -0.25) is 19.3 Å². The largest absolute Gasteiger partial charge is 0.493 e. The minimum Gasteiger partial charge on any atom is -0.493 e. The van der Waals surface area contributed by atoms with Gasteiger partial charge in [0.25, 0.3) is 5.91 Å². The molecule has 1 atom stereocenters. The van der Waals surface area contributed by atoms with E-state index in [-0.39, 0.29) is 22.5 Å². The van der Waals surface area contributed by atoms with Crippen molar-refractivity contribution in [2.75, 3.05) is 19.1 Å². The number of amides is 1. The van der Waals surface area contributed by atoms with E-state index in [0.717, 1.165) is 4.47 Å². The standard InChI is InChI=1S/C27H20BrNO6/c1-14(30)15-4-8-18(9-5-15)29-24(16-6-10-21(33-2)22(12-16)34-3)23-25(31)19-13-17(28)7-11-20(19)35-26(23)27(29)32/h4-13,24H,1-3H3. The van der Waals surface area contributed by atoms with Gasteiger partial charge in [0.1, 0.15) is 5.58 Å². The third-order valence-corrected chi connectivity index (χ3v) is 6.60. The highest BCUT2D eigenvalue weighted by Gasteiger charge is 2.44. The van der Waals surface area contributed by atoms with Gasteiger partial charge in [0, 0.05) is 15.7 Å². The second-order valence-electron chi connectivity index (χ2n) is 8.11. The molecule has 0 saturated carbocycles. The molecule has 0 fully saturated rings. The van der Waals surface area contributed by atoms with Crippen LogP contribution in [0.15, 0.2) is 74.3 Å². The summed E-state index contributed by atoms with van der Waals surface area (Å²) in [5.74, 6) is 0.438. The molecule has 3 aromatic carbocycles. The number of halogens is 1. The number of hydrogen-bond donors (Lipinski definition) is 0. The summed E-state index contributed by atoms with van der Waals surface area (Å²) in [7, 11) is 3.06. The summed E-state index contributed by atoms with van der Waals surface area (Å²) >= 11 is 3.40. The average Bonchev–Trinajstić information content (AvgIpc) is 3.16. The van der Waals surface area contributed by atoms with Crippen LogP contribution in [0.25, 0.3) is 11.0 Å². The van der Waals surface area contributed by atoms with Crippen LogP contribution in [0.5, 0.6) is 11.5 Å². The summed E-state index contributed by atoms with van der Waals surface area (Å²) < 4.78 is 17.6. The molecule has 176 valence electrons. The lowest BCUT2D eigenvalue weighted by molar-refractivity contribution is 0.0970. The van der Waals surface area contributed by atoms with Crippen LogP contribution in [0.4, 0.5) is 5.69 Å². The van der Waals surface area contributed by atoms with Crippen LogP contribution >= 0.6 is 15.9 Å². The van der Waals surface area contributed by atoms with Gasteiger partial charge in [0.15, 0.2) is 22.7 Å². The predicted molar refractivity (Wildman–Crippen MR) is 135 cm³/mol. The maximum Gasteiger partial charge on any atom is 0.295 e. The fourth-order valence-corrected chi connectivity index (χ4v) is 4.77. The number of anilines is 1. The Balaban J connectivity index is 1.78. The molecule has 5 rings (SSSR count). The molecule has 1 aliphatic rings. The molecule has 0 aliphatic carbocycles. The van der Waals surface area contributed by atoms with E-state index in [0.29, 0.717) is 39.3 Å². The lowest BCUT2D eigenvalue weighted by atomic mass is 9.97. The molecule has 0 bridgehead atoms. The summed E-state index contributed by atoms with van der Waals surface area (Å²) in [5.41, 5.74) is 1.96.